The minimum atomic E-state index is -0.607. The highest BCUT2D eigenvalue weighted by Gasteiger charge is 2.36. The van der Waals surface area contributed by atoms with Crippen LogP contribution in [0.1, 0.15) is 29.5 Å². The van der Waals surface area contributed by atoms with Gasteiger partial charge in [-0.15, -0.1) is 0 Å². The molecule has 1 fully saturated rings. The first-order valence-corrected chi connectivity index (χ1v) is 8.79. The van der Waals surface area contributed by atoms with Crippen LogP contribution in [0.3, 0.4) is 0 Å². The zero-order chi connectivity index (χ0) is 19.4. The summed E-state index contributed by atoms with van der Waals surface area (Å²) in [6, 6.07) is 10.6. The van der Waals surface area contributed by atoms with E-state index in [2.05, 4.69) is 16.7 Å². The Balaban J connectivity index is 1.87. The van der Waals surface area contributed by atoms with Gasteiger partial charge in [0.05, 0.1) is 17.2 Å². The lowest BCUT2D eigenvalue weighted by atomic mass is 9.82. The molecule has 0 spiro atoms. The summed E-state index contributed by atoms with van der Waals surface area (Å²) in [5, 5.41) is 14.8. The lowest BCUT2D eigenvalue weighted by Gasteiger charge is -2.38. The standard InChI is InChI=1S/C20H22N4O3/c1-14-7-10-24(2)18(25)17(14)22-19(26)23-20(8-11-27-12-9-20)16-5-3-15(13-21)4-6-16/h3-7,10H,8-9,11-12H2,1-2H3,(H2,22,23,26). The normalized spacial score (nSPS) is 15.6. The van der Waals surface area contributed by atoms with Crippen molar-refractivity contribution in [2.24, 2.45) is 7.05 Å². The van der Waals surface area contributed by atoms with E-state index in [-0.39, 0.29) is 11.2 Å². The lowest BCUT2D eigenvalue weighted by Crippen LogP contribution is -2.51. The van der Waals surface area contributed by atoms with Gasteiger partial charge in [0.2, 0.25) is 0 Å². The molecule has 0 unspecified atom stereocenters. The van der Waals surface area contributed by atoms with E-state index in [0.717, 1.165) is 5.56 Å². The Kier molecular flexibility index (Phi) is 5.28. The number of nitriles is 1. The average molecular weight is 366 g/mol. The second-order valence-corrected chi connectivity index (χ2v) is 6.75. The fourth-order valence-electron chi connectivity index (χ4n) is 3.30. The molecule has 0 bridgehead atoms. The number of urea groups is 1. The highest BCUT2D eigenvalue weighted by molar-refractivity contribution is 5.90. The Morgan fingerprint density at radius 1 is 1.22 bits per heavy atom. The number of aryl methyl sites for hydroxylation is 2. The average Bonchev–Trinajstić information content (AvgIpc) is 2.69. The predicted octanol–water partition coefficient (Wildman–Crippen LogP) is 2.39. The maximum Gasteiger partial charge on any atom is 0.320 e. The molecule has 0 aliphatic carbocycles. The van der Waals surface area contributed by atoms with Gasteiger partial charge in [-0.05, 0) is 49.1 Å². The maximum absolute atomic E-state index is 12.7. The second-order valence-electron chi connectivity index (χ2n) is 6.75. The SMILES string of the molecule is Cc1ccn(C)c(=O)c1NC(=O)NC1(c2ccc(C#N)cc2)CCOCC1. The Morgan fingerprint density at radius 2 is 1.89 bits per heavy atom. The molecule has 0 saturated carbocycles. The smallest absolute Gasteiger partial charge is 0.320 e. The molecular weight excluding hydrogens is 344 g/mol. The van der Waals surface area contributed by atoms with E-state index in [1.54, 1.807) is 38.4 Å². The monoisotopic (exact) mass is 366 g/mol. The maximum atomic E-state index is 12.7. The number of amides is 2. The number of aromatic nitrogens is 1. The van der Waals surface area contributed by atoms with Crippen LogP contribution < -0.4 is 16.2 Å². The number of benzene rings is 1. The lowest BCUT2D eigenvalue weighted by molar-refractivity contribution is 0.0418. The first kappa shape index (κ1) is 18.7. The Hall–Kier alpha value is -3.11. The van der Waals surface area contributed by atoms with Crippen molar-refractivity contribution in [1.29, 1.82) is 5.26 Å². The molecule has 3 rings (SSSR count). The van der Waals surface area contributed by atoms with Gasteiger partial charge in [0.25, 0.3) is 5.56 Å². The highest BCUT2D eigenvalue weighted by Crippen LogP contribution is 2.32. The number of hydrogen-bond acceptors (Lipinski definition) is 4. The number of rotatable bonds is 3. The van der Waals surface area contributed by atoms with E-state index in [4.69, 9.17) is 10.00 Å². The molecule has 140 valence electrons. The number of ether oxygens (including phenoxy) is 1. The van der Waals surface area contributed by atoms with Gasteiger partial charge >= 0.3 is 6.03 Å². The molecule has 1 aliphatic heterocycles. The van der Waals surface area contributed by atoms with Crippen molar-refractivity contribution in [2.75, 3.05) is 18.5 Å². The van der Waals surface area contributed by atoms with Gasteiger partial charge in [-0.25, -0.2) is 4.79 Å². The van der Waals surface area contributed by atoms with Crippen molar-refractivity contribution in [2.45, 2.75) is 25.3 Å². The summed E-state index contributed by atoms with van der Waals surface area (Å²) in [4.78, 5) is 25.0. The van der Waals surface area contributed by atoms with Crippen molar-refractivity contribution in [3.63, 3.8) is 0 Å². The molecule has 7 heteroatoms. The molecule has 0 atom stereocenters. The number of anilines is 1. The third kappa shape index (κ3) is 3.86. The van der Waals surface area contributed by atoms with E-state index < -0.39 is 11.6 Å². The molecule has 2 heterocycles. The number of nitrogens with zero attached hydrogens (tertiary/aromatic N) is 2. The van der Waals surface area contributed by atoms with Crippen molar-refractivity contribution in [3.8, 4) is 6.07 Å². The van der Waals surface area contributed by atoms with Crippen molar-refractivity contribution >= 4 is 11.7 Å². The quantitative estimate of drug-likeness (QED) is 0.872. The van der Waals surface area contributed by atoms with Crippen LogP contribution in [0.15, 0.2) is 41.3 Å². The minimum Gasteiger partial charge on any atom is -0.381 e. The largest absolute Gasteiger partial charge is 0.381 e. The molecule has 2 aromatic rings. The molecule has 1 saturated heterocycles. The summed E-state index contributed by atoms with van der Waals surface area (Å²) in [7, 11) is 1.64. The first-order chi connectivity index (χ1) is 12.9. The first-order valence-electron chi connectivity index (χ1n) is 8.79. The van der Waals surface area contributed by atoms with Gasteiger partial charge in [0.1, 0.15) is 5.69 Å². The highest BCUT2D eigenvalue weighted by atomic mass is 16.5. The van der Waals surface area contributed by atoms with Gasteiger partial charge in [0.15, 0.2) is 0 Å². The molecular formula is C20H22N4O3. The summed E-state index contributed by atoms with van der Waals surface area (Å²) < 4.78 is 6.89. The van der Waals surface area contributed by atoms with Crippen LogP contribution in [0, 0.1) is 18.3 Å². The van der Waals surface area contributed by atoms with Gasteiger partial charge in [-0.3, -0.25) is 4.79 Å². The van der Waals surface area contributed by atoms with E-state index >= 15 is 0 Å². The molecule has 2 N–H and O–H groups in total. The van der Waals surface area contributed by atoms with Crippen molar-refractivity contribution in [1.82, 2.24) is 9.88 Å². The zero-order valence-electron chi connectivity index (χ0n) is 15.4. The van der Waals surface area contributed by atoms with Crippen LogP contribution in [-0.4, -0.2) is 23.8 Å². The predicted molar refractivity (Wildman–Crippen MR) is 101 cm³/mol. The summed E-state index contributed by atoms with van der Waals surface area (Å²) >= 11 is 0. The number of nitrogens with one attached hydrogen (secondary N) is 2. The zero-order valence-corrected chi connectivity index (χ0v) is 15.4. The van der Waals surface area contributed by atoms with E-state index in [1.807, 2.05) is 12.1 Å². The molecule has 0 radical (unpaired) electrons. The van der Waals surface area contributed by atoms with Gasteiger partial charge < -0.3 is 19.9 Å². The minimum absolute atomic E-state index is 0.260. The van der Waals surface area contributed by atoms with Crippen LogP contribution in [0.25, 0.3) is 0 Å². The fraction of sp³-hybridized carbons (Fsp3) is 0.350. The van der Waals surface area contributed by atoms with Crippen LogP contribution in [0.5, 0.6) is 0 Å². The number of carbonyl (C=O) groups is 1. The summed E-state index contributed by atoms with van der Waals surface area (Å²) in [6.45, 7) is 2.82. The van der Waals surface area contributed by atoms with Crippen molar-refractivity contribution in [3.05, 3.63) is 63.6 Å². The molecule has 1 aliphatic rings. The molecule has 1 aromatic heterocycles. The fourth-order valence-corrected chi connectivity index (χ4v) is 3.30. The topological polar surface area (TPSA) is 96.2 Å². The van der Waals surface area contributed by atoms with Crippen LogP contribution in [-0.2, 0) is 17.3 Å². The van der Waals surface area contributed by atoms with Gasteiger partial charge in [-0.1, -0.05) is 12.1 Å². The molecule has 27 heavy (non-hydrogen) atoms. The summed E-state index contributed by atoms with van der Waals surface area (Å²) in [6.07, 6.45) is 2.88. The molecule has 2 amide bonds. The van der Waals surface area contributed by atoms with E-state index in [0.29, 0.717) is 37.2 Å². The number of pyridine rings is 1. The van der Waals surface area contributed by atoms with Crippen LogP contribution >= 0.6 is 0 Å². The van der Waals surface area contributed by atoms with Gasteiger partial charge in [0, 0.05) is 26.5 Å². The van der Waals surface area contributed by atoms with E-state index in [1.165, 1.54) is 4.57 Å². The Bertz CT molecular complexity index is 935. The molecule has 1 aromatic carbocycles. The summed E-state index contributed by atoms with van der Waals surface area (Å²) in [5.74, 6) is 0. The van der Waals surface area contributed by atoms with Crippen molar-refractivity contribution < 1.29 is 9.53 Å². The third-order valence-corrected chi connectivity index (χ3v) is 4.98. The Labute approximate surface area is 157 Å². The second kappa shape index (κ2) is 7.64. The number of hydrogen-bond donors (Lipinski definition) is 2. The van der Waals surface area contributed by atoms with Crippen LogP contribution in [0.4, 0.5) is 10.5 Å². The van der Waals surface area contributed by atoms with E-state index in [9.17, 15) is 9.59 Å². The third-order valence-electron chi connectivity index (χ3n) is 4.98. The Morgan fingerprint density at radius 3 is 2.52 bits per heavy atom. The summed E-state index contributed by atoms with van der Waals surface area (Å²) in [5.41, 5.74) is 1.58. The number of carbonyl (C=O) groups excluding carboxylic acids is 1. The van der Waals surface area contributed by atoms with Crippen LogP contribution in [0.2, 0.25) is 0 Å². The van der Waals surface area contributed by atoms with Gasteiger partial charge in [-0.2, -0.15) is 5.26 Å². The molecule has 7 nitrogen and oxygen atoms in total.